The van der Waals surface area contributed by atoms with Gasteiger partial charge in [0.1, 0.15) is 17.4 Å². The van der Waals surface area contributed by atoms with E-state index in [1.807, 2.05) is 0 Å². The minimum Gasteiger partial charge on any atom is -0.457 e. The van der Waals surface area contributed by atoms with E-state index in [9.17, 15) is 23.3 Å². The monoisotopic (exact) mass is 520 g/mol. The van der Waals surface area contributed by atoms with Crippen LogP contribution >= 0.6 is 23.1 Å². The lowest BCUT2D eigenvalue weighted by molar-refractivity contribution is -0.112. The van der Waals surface area contributed by atoms with Crippen molar-refractivity contribution < 1.29 is 27.2 Å². The van der Waals surface area contributed by atoms with Crippen LogP contribution in [-0.2, 0) is 14.6 Å². The summed E-state index contributed by atoms with van der Waals surface area (Å²) in [6, 6.07) is 9.03. The van der Waals surface area contributed by atoms with Crippen LogP contribution in [0.3, 0.4) is 0 Å². The summed E-state index contributed by atoms with van der Waals surface area (Å²) in [6.45, 7) is 3.50. The Morgan fingerprint density at radius 3 is 2.74 bits per heavy atom. The molecule has 0 aliphatic rings. The maximum atomic E-state index is 12.5. The number of benzene rings is 1. The van der Waals surface area contributed by atoms with E-state index in [4.69, 9.17) is 20.8 Å². The second kappa shape index (κ2) is 10.6. The van der Waals surface area contributed by atoms with Crippen LogP contribution in [0.25, 0.3) is 6.08 Å². The molecule has 0 atom stereocenters. The summed E-state index contributed by atoms with van der Waals surface area (Å²) >= 11 is 6.85. The molecule has 0 unspecified atom stereocenters. The van der Waals surface area contributed by atoms with Gasteiger partial charge in [0.05, 0.1) is 17.0 Å². The van der Waals surface area contributed by atoms with Gasteiger partial charge in [-0.1, -0.05) is 31.5 Å². The van der Waals surface area contributed by atoms with Crippen LogP contribution in [0.2, 0.25) is 5.02 Å². The van der Waals surface area contributed by atoms with Crippen molar-refractivity contribution in [2.75, 3.05) is 11.1 Å². The highest BCUT2D eigenvalue weighted by atomic mass is 35.5. The molecule has 1 amide bonds. The molecule has 2 heterocycles. The SMILES string of the molecule is CC(C)CS(=O)(=O)c1nsc(NC(=O)/C(C#N)=C\c2ccc(OC(=O)c3ccco3)c(Cl)c2)n1. The number of sulfone groups is 1. The first-order valence-electron chi connectivity index (χ1n) is 9.64. The summed E-state index contributed by atoms with van der Waals surface area (Å²) in [7, 11) is -3.68. The highest BCUT2D eigenvalue weighted by molar-refractivity contribution is 7.91. The molecule has 13 heteroatoms. The average Bonchev–Trinajstić information content (AvgIpc) is 3.45. The van der Waals surface area contributed by atoms with Crippen molar-refractivity contribution in [3.05, 3.63) is 58.5 Å². The van der Waals surface area contributed by atoms with Gasteiger partial charge in [-0.25, -0.2) is 13.2 Å². The number of amides is 1. The predicted molar refractivity (Wildman–Crippen MR) is 124 cm³/mol. The molecule has 176 valence electrons. The molecule has 1 N–H and O–H groups in total. The predicted octanol–water partition coefficient (Wildman–Crippen LogP) is 3.98. The van der Waals surface area contributed by atoms with Crippen LogP contribution < -0.4 is 10.1 Å². The first kappa shape index (κ1) is 25.1. The lowest BCUT2D eigenvalue weighted by Gasteiger charge is -2.06. The number of anilines is 1. The minimum atomic E-state index is -3.68. The van der Waals surface area contributed by atoms with E-state index in [2.05, 4.69) is 14.7 Å². The third-order valence-electron chi connectivity index (χ3n) is 4.02. The molecule has 0 saturated heterocycles. The summed E-state index contributed by atoms with van der Waals surface area (Å²) < 4.78 is 38.4. The van der Waals surface area contributed by atoms with Gasteiger partial charge in [-0.2, -0.15) is 14.6 Å². The molecule has 1 aromatic carbocycles. The zero-order valence-electron chi connectivity index (χ0n) is 17.8. The molecule has 3 aromatic rings. The van der Waals surface area contributed by atoms with Crippen molar-refractivity contribution in [2.24, 2.45) is 5.92 Å². The molecule has 10 nitrogen and oxygen atoms in total. The maximum Gasteiger partial charge on any atom is 0.379 e. The van der Waals surface area contributed by atoms with E-state index >= 15 is 0 Å². The van der Waals surface area contributed by atoms with Crippen LogP contribution in [0.5, 0.6) is 5.75 Å². The van der Waals surface area contributed by atoms with Gasteiger partial charge >= 0.3 is 5.97 Å². The molecule has 0 saturated carbocycles. The van der Waals surface area contributed by atoms with Gasteiger partial charge in [0.2, 0.25) is 20.7 Å². The van der Waals surface area contributed by atoms with Crippen molar-refractivity contribution >= 4 is 56.1 Å². The normalized spacial score (nSPS) is 11.8. The molecule has 0 fully saturated rings. The zero-order chi connectivity index (χ0) is 24.9. The molecule has 0 radical (unpaired) electrons. The van der Waals surface area contributed by atoms with Crippen molar-refractivity contribution in [3.63, 3.8) is 0 Å². The van der Waals surface area contributed by atoms with Gasteiger partial charge in [0, 0.05) is 11.5 Å². The Morgan fingerprint density at radius 2 is 2.12 bits per heavy atom. The van der Waals surface area contributed by atoms with Crippen molar-refractivity contribution in [3.8, 4) is 11.8 Å². The summed E-state index contributed by atoms with van der Waals surface area (Å²) in [5, 5.41) is 11.4. The Hall–Kier alpha value is -3.53. The number of esters is 1. The molecule has 2 aromatic heterocycles. The number of nitriles is 1. The highest BCUT2D eigenvalue weighted by Gasteiger charge is 2.23. The van der Waals surface area contributed by atoms with E-state index < -0.39 is 21.7 Å². The molecule has 0 aliphatic heterocycles. The molecule has 34 heavy (non-hydrogen) atoms. The number of carbonyl (C=O) groups excluding carboxylic acids is 2. The van der Waals surface area contributed by atoms with E-state index in [1.54, 1.807) is 19.9 Å². The van der Waals surface area contributed by atoms with Gasteiger partial charge < -0.3 is 9.15 Å². The topological polar surface area (TPSA) is 152 Å². The number of carbonyl (C=O) groups is 2. The lowest BCUT2D eigenvalue weighted by atomic mass is 10.1. The number of hydrogen-bond donors (Lipinski definition) is 1. The van der Waals surface area contributed by atoms with Gasteiger partial charge in [-0.3, -0.25) is 10.1 Å². The van der Waals surface area contributed by atoms with Crippen LogP contribution in [0.1, 0.15) is 30.0 Å². The quantitative estimate of drug-likeness (QED) is 0.201. The number of aromatic nitrogens is 2. The first-order valence-corrected chi connectivity index (χ1v) is 12.4. The standard InChI is InChI=1S/C21H17ClN4O6S2/c1-12(2)11-34(29,30)21-25-20(33-26-21)24-18(27)14(10-23)8-13-5-6-16(15(22)9-13)32-19(28)17-4-3-7-31-17/h3-9,12H,11H2,1-2H3,(H,24,25,26,27)/b14-8-. The summed E-state index contributed by atoms with van der Waals surface area (Å²) in [6.07, 6.45) is 2.59. The summed E-state index contributed by atoms with van der Waals surface area (Å²) in [4.78, 5) is 28.3. The number of furan rings is 1. The second-order valence-electron chi connectivity index (χ2n) is 7.24. The van der Waals surface area contributed by atoms with Gasteiger partial charge in [0.25, 0.3) is 11.1 Å². The Bertz CT molecular complexity index is 1390. The summed E-state index contributed by atoms with van der Waals surface area (Å²) in [5.41, 5.74) is 0.0881. The van der Waals surface area contributed by atoms with E-state index in [0.29, 0.717) is 17.1 Å². The molecular formula is C21H17ClN4O6S2. The number of nitrogens with zero attached hydrogens (tertiary/aromatic N) is 3. The van der Waals surface area contributed by atoms with Gasteiger partial charge in [-0.05, 0) is 41.8 Å². The molecule has 0 bridgehead atoms. The van der Waals surface area contributed by atoms with Crippen LogP contribution in [-0.4, -0.2) is 35.4 Å². The number of nitrogens with one attached hydrogen (secondary N) is 1. The Balaban J connectivity index is 1.72. The van der Waals surface area contributed by atoms with Crippen LogP contribution in [0.4, 0.5) is 5.13 Å². The van der Waals surface area contributed by atoms with Crippen LogP contribution in [0, 0.1) is 17.2 Å². The second-order valence-corrected chi connectivity index (χ2v) is 10.3. The van der Waals surface area contributed by atoms with Gasteiger partial charge in [0.15, 0.2) is 0 Å². The Kier molecular flexibility index (Phi) is 7.83. The number of hydrogen-bond acceptors (Lipinski definition) is 10. The Labute approximate surface area is 203 Å². The van der Waals surface area contributed by atoms with Crippen molar-refractivity contribution in [2.45, 2.75) is 19.0 Å². The zero-order valence-corrected chi connectivity index (χ0v) is 20.2. The van der Waals surface area contributed by atoms with Gasteiger partial charge in [-0.15, -0.1) is 0 Å². The van der Waals surface area contributed by atoms with E-state index in [0.717, 1.165) is 0 Å². The van der Waals surface area contributed by atoms with Crippen LogP contribution in [0.15, 0.2) is 51.7 Å². The lowest BCUT2D eigenvalue weighted by Crippen LogP contribution is -2.15. The third-order valence-corrected chi connectivity index (χ3v) is 6.90. The average molecular weight is 521 g/mol. The smallest absolute Gasteiger partial charge is 0.379 e. The molecular weight excluding hydrogens is 504 g/mol. The number of halogens is 1. The first-order chi connectivity index (χ1) is 16.1. The largest absolute Gasteiger partial charge is 0.457 e. The fourth-order valence-corrected chi connectivity index (χ4v) is 5.19. The maximum absolute atomic E-state index is 12.5. The number of ether oxygens (including phenoxy) is 1. The van der Waals surface area contributed by atoms with E-state index in [1.165, 1.54) is 42.7 Å². The highest BCUT2D eigenvalue weighted by Crippen LogP contribution is 2.27. The fourth-order valence-electron chi connectivity index (χ4n) is 2.61. The molecule has 3 rings (SSSR count). The fraction of sp³-hybridized carbons (Fsp3) is 0.190. The minimum absolute atomic E-state index is 0.000293. The Morgan fingerprint density at radius 1 is 1.35 bits per heavy atom. The van der Waals surface area contributed by atoms with E-state index in [-0.39, 0.29) is 44.1 Å². The summed E-state index contributed by atoms with van der Waals surface area (Å²) in [5.74, 6) is -1.73. The third kappa shape index (κ3) is 6.28. The number of rotatable bonds is 8. The van der Waals surface area contributed by atoms with Crippen molar-refractivity contribution in [1.29, 1.82) is 5.26 Å². The molecule has 0 aliphatic carbocycles. The molecule has 0 spiro atoms. The van der Waals surface area contributed by atoms with Crippen molar-refractivity contribution in [1.82, 2.24) is 9.36 Å².